The Labute approximate surface area is 256 Å². The summed E-state index contributed by atoms with van der Waals surface area (Å²) >= 11 is 10.8. The van der Waals surface area contributed by atoms with Gasteiger partial charge in [-0.15, -0.1) is 11.8 Å². The van der Waals surface area contributed by atoms with Crippen LogP contribution >= 0.6 is 39.3 Å². The number of carbonyl (C=O) groups is 3. The normalized spacial score (nSPS) is 11.8. The third-order valence-electron chi connectivity index (χ3n) is 5.86. The fourth-order valence-electron chi connectivity index (χ4n) is 3.76. The smallest absolute Gasteiger partial charge is 0.272 e. The lowest BCUT2D eigenvalue weighted by atomic mass is 10.1. The Bertz CT molecular complexity index is 1540. The van der Waals surface area contributed by atoms with Crippen molar-refractivity contribution in [2.45, 2.75) is 23.5 Å². The number of hydrogen-bond acceptors (Lipinski definition) is 4. The van der Waals surface area contributed by atoms with Crippen molar-refractivity contribution < 1.29 is 14.4 Å². The molecule has 3 amide bonds. The van der Waals surface area contributed by atoms with E-state index in [1.165, 1.54) is 11.8 Å². The first-order valence-electron chi connectivity index (χ1n) is 12.8. The number of rotatable bonds is 10. The summed E-state index contributed by atoms with van der Waals surface area (Å²) in [5.74, 6) is -1.00. The molecule has 9 heteroatoms. The van der Waals surface area contributed by atoms with E-state index in [0.29, 0.717) is 28.4 Å². The van der Waals surface area contributed by atoms with Gasteiger partial charge in [0.15, 0.2) is 0 Å². The predicted octanol–water partition coefficient (Wildman–Crippen LogP) is 8.02. The third kappa shape index (κ3) is 9.08. The van der Waals surface area contributed by atoms with Gasteiger partial charge in [0.05, 0.1) is 5.25 Å². The van der Waals surface area contributed by atoms with Crippen LogP contribution in [-0.2, 0) is 9.59 Å². The molecular formula is C32H27BrClN3O3S. The van der Waals surface area contributed by atoms with E-state index in [4.69, 9.17) is 11.6 Å². The van der Waals surface area contributed by atoms with E-state index in [0.717, 1.165) is 14.9 Å². The highest BCUT2D eigenvalue weighted by Gasteiger charge is 2.19. The summed E-state index contributed by atoms with van der Waals surface area (Å²) in [5.41, 5.74) is 2.47. The standard InChI is InChI=1S/C32H27BrClN3O3S/c1-2-29(32(40)35-25-17-15-24(34)16-18-25)41-27-10-6-9-26(20-27)36-31(39)28(19-21-11-13-23(33)14-12-21)37-30(38)22-7-4-3-5-8-22/h3-20,29H,2H2,1H3,(H,35,40)(H,36,39)(H,37,38)/b28-19-. The van der Waals surface area contributed by atoms with E-state index in [1.807, 2.05) is 49.4 Å². The van der Waals surface area contributed by atoms with Crippen molar-refractivity contribution in [1.29, 1.82) is 0 Å². The second-order valence-corrected chi connectivity index (χ2v) is 11.6. The van der Waals surface area contributed by atoms with Crippen LogP contribution in [0, 0.1) is 0 Å². The predicted molar refractivity (Wildman–Crippen MR) is 171 cm³/mol. The minimum atomic E-state index is -0.480. The summed E-state index contributed by atoms with van der Waals surface area (Å²) in [4.78, 5) is 40.0. The van der Waals surface area contributed by atoms with Crippen molar-refractivity contribution in [1.82, 2.24) is 5.32 Å². The van der Waals surface area contributed by atoms with Crippen molar-refractivity contribution in [3.05, 3.63) is 129 Å². The van der Waals surface area contributed by atoms with Gasteiger partial charge >= 0.3 is 0 Å². The molecule has 0 aromatic heterocycles. The van der Waals surface area contributed by atoms with E-state index < -0.39 is 11.8 Å². The maximum Gasteiger partial charge on any atom is 0.272 e. The first-order valence-corrected chi connectivity index (χ1v) is 14.8. The average Bonchev–Trinajstić information content (AvgIpc) is 2.98. The summed E-state index contributed by atoms with van der Waals surface area (Å²) in [6, 6.07) is 30.3. The Morgan fingerprint density at radius 2 is 1.56 bits per heavy atom. The van der Waals surface area contributed by atoms with Crippen LogP contribution in [0.4, 0.5) is 11.4 Å². The zero-order valence-electron chi connectivity index (χ0n) is 22.1. The third-order valence-corrected chi connectivity index (χ3v) is 7.99. The number of thioether (sulfide) groups is 1. The Morgan fingerprint density at radius 1 is 0.854 bits per heavy atom. The Morgan fingerprint density at radius 3 is 2.24 bits per heavy atom. The molecule has 0 saturated carbocycles. The van der Waals surface area contributed by atoms with Gasteiger partial charge in [-0.2, -0.15) is 0 Å². The van der Waals surface area contributed by atoms with Gasteiger partial charge in [-0.05, 0) is 84.8 Å². The fraction of sp³-hybridized carbons (Fsp3) is 0.0938. The maximum absolute atomic E-state index is 13.4. The molecule has 0 radical (unpaired) electrons. The number of anilines is 2. The number of carbonyl (C=O) groups excluding carboxylic acids is 3. The molecule has 41 heavy (non-hydrogen) atoms. The van der Waals surface area contributed by atoms with Crippen molar-refractivity contribution in [2.75, 3.05) is 10.6 Å². The maximum atomic E-state index is 13.4. The van der Waals surface area contributed by atoms with Crippen LogP contribution in [0.25, 0.3) is 6.08 Å². The highest BCUT2D eigenvalue weighted by Crippen LogP contribution is 2.29. The molecule has 0 saturated heterocycles. The van der Waals surface area contributed by atoms with Crippen molar-refractivity contribution in [2.24, 2.45) is 0 Å². The minimum Gasteiger partial charge on any atom is -0.325 e. The molecule has 4 rings (SSSR count). The number of benzene rings is 4. The van der Waals surface area contributed by atoms with Gasteiger partial charge in [-0.3, -0.25) is 14.4 Å². The van der Waals surface area contributed by atoms with Crippen molar-refractivity contribution >= 4 is 74.5 Å². The van der Waals surface area contributed by atoms with E-state index >= 15 is 0 Å². The molecule has 0 aliphatic carbocycles. The largest absolute Gasteiger partial charge is 0.325 e. The van der Waals surface area contributed by atoms with Crippen LogP contribution in [0.15, 0.2) is 118 Å². The van der Waals surface area contributed by atoms with Gasteiger partial charge < -0.3 is 16.0 Å². The van der Waals surface area contributed by atoms with Gasteiger partial charge in [-0.1, -0.05) is 70.9 Å². The second kappa shape index (κ2) is 14.7. The van der Waals surface area contributed by atoms with Crippen molar-refractivity contribution in [3.63, 3.8) is 0 Å². The molecule has 0 heterocycles. The van der Waals surface area contributed by atoms with Gasteiger partial charge in [0, 0.05) is 31.3 Å². The van der Waals surface area contributed by atoms with E-state index in [2.05, 4.69) is 31.9 Å². The average molecular weight is 649 g/mol. The first kappa shape index (κ1) is 30.1. The number of amides is 3. The van der Waals surface area contributed by atoms with E-state index in [1.54, 1.807) is 66.7 Å². The van der Waals surface area contributed by atoms with Crippen LogP contribution in [-0.4, -0.2) is 23.0 Å². The van der Waals surface area contributed by atoms with Crippen LogP contribution in [0.5, 0.6) is 0 Å². The lowest BCUT2D eigenvalue weighted by Crippen LogP contribution is -2.30. The molecule has 0 fully saturated rings. The molecule has 1 atom stereocenters. The molecule has 4 aromatic rings. The highest BCUT2D eigenvalue weighted by molar-refractivity contribution is 9.10. The summed E-state index contributed by atoms with van der Waals surface area (Å²) in [7, 11) is 0. The molecule has 0 spiro atoms. The van der Waals surface area contributed by atoms with Gasteiger partial charge in [-0.25, -0.2) is 0 Å². The molecule has 1 unspecified atom stereocenters. The Hall–Kier alpha value is -3.85. The molecule has 0 aliphatic rings. The van der Waals surface area contributed by atoms with Crippen LogP contribution in [0.2, 0.25) is 5.02 Å². The van der Waals surface area contributed by atoms with Crippen LogP contribution < -0.4 is 16.0 Å². The summed E-state index contributed by atoms with van der Waals surface area (Å²) in [5, 5.41) is 8.79. The Balaban J connectivity index is 1.49. The fourth-order valence-corrected chi connectivity index (χ4v) is 5.16. The van der Waals surface area contributed by atoms with E-state index in [9.17, 15) is 14.4 Å². The zero-order valence-corrected chi connectivity index (χ0v) is 25.2. The van der Waals surface area contributed by atoms with Gasteiger partial charge in [0.2, 0.25) is 5.91 Å². The minimum absolute atomic E-state index is 0.0907. The monoisotopic (exact) mass is 647 g/mol. The molecule has 0 aliphatic heterocycles. The Kier molecular flexibility index (Phi) is 10.8. The SMILES string of the molecule is CCC(Sc1cccc(NC(=O)/C(=C/c2ccc(Br)cc2)NC(=O)c2ccccc2)c1)C(=O)Nc1ccc(Cl)cc1. The molecule has 4 aromatic carbocycles. The molecule has 6 nitrogen and oxygen atoms in total. The second-order valence-electron chi connectivity index (χ2n) is 8.92. The summed E-state index contributed by atoms with van der Waals surface area (Å²) < 4.78 is 0.899. The van der Waals surface area contributed by atoms with Crippen molar-refractivity contribution in [3.8, 4) is 0 Å². The molecule has 3 N–H and O–H groups in total. The van der Waals surface area contributed by atoms with Crippen LogP contribution in [0.3, 0.4) is 0 Å². The molecule has 0 bridgehead atoms. The highest BCUT2D eigenvalue weighted by atomic mass is 79.9. The number of nitrogens with one attached hydrogen (secondary N) is 3. The summed E-state index contributed by atoms with van der Waals surface area (Å²) in [6.45, 7) is 1.94. The summed E-state index contributed by atoms with van der Waals surface area (Å²) in [6.07, 6.45) is 2.22. The van der Waals surface area contributed by atoms with Gasteiger partial charge in [0.1, 0.15) is 5.70 Å². The number of hydrogen-bond donors (Lipinski definition) is 3. The molecular weight excluding hydrogens is 622 g/mol. The van der Waals surface area contributed by atoms with Gasteiger partial charge in [0.25, 0.3) is 11.8 Å². The lowest BCUT2D eigenvalue weighted by Gasteiger charge is -2.16. The quantitative estimate of drug-likeness (QED) is 0.120. The van der Waals surface area contributed by atoms with Crippen LogP contribution in [0.1, 0.15) is 29.3 Å². The topological polar surface area (TPSA) is 87.3 Å². The van der Waals surface area contributed by atoms with E-state index in [-0.39, 0.29) is 16.9 Å². The zero-order chi connectivity index (χ0) is 29.2. The lowest BCUT2D eigenvalue weighted by molar-refractivity contribution is -0.116. The first-order chi connectivity index (χ1) is 19.8. The number of halogens is 2. The molecule has 208 valence electrons.